The molecule has 3 heterocycles. The number of thiocarbonyl (C=S) groups is 1. The highest BCUT2D eigenvalue weighted by Gasteiger charge is 2.32. The maximum atomic E-state index is 13.5. The third-order valence-electron chi connectivity index (χ3n) is 6.12. The van der Waals surface area contributed by atoms with Crippen LogP contribution in [0.4, 0.5) is 5.82 Å². The van der Waals surface area contributed by atoms with Crippen molar-refractivity contribution in [2.75, 3.05) is 18.4 Å². The van der Waals surface area contributed by atoms with E-state index < -0.39 is 6.10 Å². The van der Waals surface area contributed by atoms with E-state index in [9.17, 15) is 14.7 Å². The first-order valence-corrected chi connectivity index (χ1v) is 13.4. The van der Waals surface area contributed by atoms with Crippen molar-refractivity contribution in [3.05, 3.63) is 80.6 Å². The van der Waals surface area contributed by atoms with Crippen LogP contribution >= 0.6 is 24.0 Å². The number of anilines is 1. The highest BCUT2D eigenvalue weighted by Crippen LogP contribution is 2.33. The average Bonchev–Trinajstić information content (AvgIpc) is 3.15. The number of thioether (sulfide) groups is 1. The molecule has 4 rings (SSSR count). The summed E-state index contributed by atoms with van der Waals surface area (Å²) in [4.78, 5) is 33.4. The van der Waals surface area contributed by atoms with Crippen molar-refractivity contribution in [1.29, 1.82) is 0 Å². The molecule has 0 bridgehead atoms. The van der Waals surface area contributed by atoms with E-state index in [1.54, 1.807) is 23.2 Å². The zero-order valence-corrected chi connectivity index (χ0v) is 22.1. The number of carbonyl (C=O) groups excluding carboxylic acids is 1. The Morgan fingerprint density at radius 1 is 1.14 bits per heavy atom. The molecular formula is C27H30N4O3S2. The van der Waals surface area contributed by atoms with Crippen LogP contribution in [0.25, 0.3) is 11.7 Å². The van der Waals surface area contributed by atoms with Gasteiger partial charge in [-0.3, -0.25) is 18.9 Å². The van der Waals surface area contributed by atoms with Crippen LogP contribution in [0.5, 0.6) is 0 Å². The van der Waals surface area contributed by atoms with E-state index in [1.165, 1.54) is 16.2 Å². The summed E-state index contributed by atoms with van der Waals surface area (Å²) >= 11 is 6.67. The first kappa shape index (κ1) is 26.1. The van der Waals surface area contributed by atoms with E-state index in [2.05, 4.69) is 12.2 Å². The molecule has 1 amide bonds. The Bertz CT molecular complexity index is 1350. The molecule has 9 heteroatoms. The van der Waals surface area contributed by atoms with E-state index in [0.29, 0.717) is 27.2 Å². The lowest BCUT2D eigenvalue weighted by atomic mass is 10.1. The van der Waals surface area contributed by atoms with Gasteiger partial charge in [0.05, 0.1) is 16.6 Å². The molecule has 1 fully saturated rings. The minimum absolute atomic E-state index is 0.151. The lowest BCUT2D eigenvalue weighted by Crippen LogP contribution is -2.29. The third-order valence-corrected chi connectivity index (χ3v) is 7.49. The number of pyridine rings is 1. The maximum absolute atomic E-state index is 13.5. The number of aliphatic hydroxyl groups is 1. The molecule has 0 saturated carbocycles. The summed E-state index contributed by atoms with van der Waals surface area (Å²) in [6.45, 7) is 4.75. The zero-order valence-electron chi connectivity index (χ0n) is 20.4. The van der Waals surface area contributed by atoms with Gasteiger partial charge in [-0.15, -0.1) is 0 Å². The van der Waals surface area contributed by atoms with Gasteiger partial charge in [-0.25, -0.2) is 4.98 Å². The quantitative estimate of drug-likeness (QED) is 0.222. The molecule has 0 aliphatic carbocycles. The van der Waals surface area contributed by atoms with Crippen LogP contribution < -0.4 is 10.9 Å². The van der Waals surface area contributed by atoms with Crippen molar-refractivity contribution in [1.82, 2.24) is 14.3 Å². The predicted molar refractivity (Wildman–Crippen MR) is 150 cm³/mol. The maximum Gasteiger partial charge on any atom is 0.267 e. The standard InChI is InChI=1S/C27H30N4O3S2/c1-3-4-5-9-14-31-26(34)22(36-27(31)35)16-20-23(28-17-21(32)19-12-7-6-8-13-19)29-24-18(2)11-10-15-30(24)25(20)33/h6-8,10-13,15-16,21,28,32H,3-5,9,14,17H2,1-2H3/b22-16-/t21-/m1/s1. The van der Waals surface area contributed by atoms with Crippen molar-refractivity contribution in [2.45, 2.75) is 45.6 Å². The average molecular weight is 523 g/mol. The fourth-order valence-electron chi connectivity index (χ4n) is 4.08. The molecule has 1 aliphatic rings. The Morgan fingerprint density at radius 3 is 2.67 bits per heavy atom. The van der Waals surface area contributed by atoms with Crippen LogP contribution in [0, 0.1) is 6.92 Å². The highest BCUT2D eigenvalue weighted by atomic mass is 32.2. The van der Waals surface area contributed by atoms with Gasteiger partial charge in [-0.1, -0.05) is 86.6 Å². The van der Waals surface area contributed by atoms with Crippen LogP contribution in [0.1, 0.15) is 55.4 Å². The fraction of sp³-hybridized carbons (Fsp3) is 0.333. The Hall–Kier alpha value is -3.01. The number of nitrogens with zero attached hydrogens (tertiary/aromatic N) is 3. The van der Waals surface area contributed by atoms with E-state index >= 15 is 0 Å². The van der Waals surface area contributed by atoms with Crippen LogP contribution in [-0.4, -0.2) is 42.7 Å². The lowest BCUT2D eigenvalue weighted by molar-refractivity contribution is -0.122. The molecule has 0 radical (unpaired) electrons. The SMILES string of the molecule is CCCCCCN1C(=O)/C(=C/c2c(NC[C@@H](O)c3ccccc3)nc3c(C)cccn3c2=O)SC1=S. The van der Waals surface area contributed by atoms with E-state index in [1.807, 2.05) is 43.3 Å². The molecule has 7 nitrogen and oxygen atoms in total. The van der Waals surface area contributed by atoms with Gasteiger partial charge < -0.3 is 10.4 Å². The second kappa shape index (κ2) is 11.8. The van der Waals surface area contributed by atoms with Crippen molar-refractivity contribution in [3.63, 3.8) is 0 Å². The number of hydrogen-bond donors (Lipinski definition) is 2. The molecule has 1 aromatic carbocycles. The van der Waals surface area contributed by atoms with Crippen molar-refractivity contribution < 1.29 is 9.90 Å². The smallest absolute Gasteiger partial charge is 0.267 e. The Kier molecular flexibility index (Phi) is 8.56. The van der Waals surface area contributed by atoms with Crippen LogP contribution in [-0.2, 0) is 4.79 Å². The van der Waals surface area contributed by atoms with Crippen molar-refractivity contribution in [3.8, 4) is 0 Å². The topological polar surface area (TPSA) is 86.9 Å². The normalized spacial score (nSPS) is 15.8. The minimum Gasteiger partial charge on any atom is -0.387 e. The van der Waals surface area contributed by atoms with Gasteiger partial charge in [0, 0.05) is 19.3 Å². The molecule has 36 heavy (non-hydrogen) atoms. The number of unbranched alkanes of at least 4 members (excludes halogenated alkanes) is 3. The first-order chi connectivity index (χ1) is 17.4. The summed E-state index contributed by atoms with van der Waals surface area (Å²) in [6, 6.07) is 13.0. The van der Waals surface area contributed by atoms with Crippen LogP contribution in [0.3, 0.4) is 0 Å². The van der Waals surface area contributed by atoms with Gasteiger partial charge in [-0.05, 0) is 36.6 Å². The van der Waals surface area contributed by atoms with E-state index in [4.69, 9.17) is 17.2 Å². The summed E-state index contributed by atoms with van der Waals surface area (Å²) in [7, 11) is 0. The Balaban J connectivity index is 1.67. The first-order valence-electron chi connectivity index (χ1n) is 12.1. The molecule has 1 saturated heterocycles. The van der Waals surface area contributed by atoms with Gasteiger partial charge in [0.1, 0.15) is 15.8 Å². The second-order valence-electron chi connectivity index (χ2n) is 8.77. The largest absolute Gasteiger partial charge is 0.387 e. The highest BCUT2D eigenvalue weighted by molar-refractivity contribution is 8.26. The van der Waals surface area contributed by atoms with Gasteiger partial charge in [0.2, 0.25) is 0 Å². The molecule has 0 spiro atoms. The summed E-state index contributed by atoms with van der Waals surface area (Å²) in [5.74, 6) is 0.128. The van der Waals surface area contributed by atoms with Gasteiger partial charge >= 0.3 is 0 Å². The van der Waals surface area contributed by atoms with E-state index in [0.717, 1.165) is 36.8 Å². The van der Waals surface area contributed by atoms with Crippen molar-refractivity contribution >= 4 is 51.7 Å². The molecule has 1 aliphatic heterocycles. The molecular weight excluding hydrogens is 492 g/mol. The molecule has 0 unspecified atom stereocenters. The lowest BCUT2D eigenvalue weighted by Gasteiger charge is -2.16. The number of amides is 1. The molecule has 188 valence electrons. The fourth-order valence-corrected chi connectivity index (χ4v) is 5.37. The second-order valence-corrected chi connectivity index (χ2v) is 10.4. The molecule has 1 atom stereocenters. The third kappa shape index (κ3) is 5.69. The number of fused-ring (bicyclic) bond motifs is 1. The van der Waals surface area contributed by atoms with Gasteiger partial charge in [0.25, 0.3) is 11.5 Å². The van der Waals surface area contributed by atoms with Gasteiger partial charge in [0.15, 0.2) is 0 Å². The molecule has 3 aromatic rings. The predicted octanol–water partition coefficient (Wildman–Crippen LogP) is 4.93. The van der Waals surface area contributed by atoms with Gasteiger partial charge in [-0.2, -0.15) is 0 Å². The number of aryl methyl sites for hydroxylation is 1. The number of aromatic nitrogens is 2. The Morgan fingerprint density at radius 2 is 1.92 bits per heavy atom. The van der Waals surface area contributed by atoms with Crippen molar-refractivity contribution in [2.24, 2.45) is 0 Å². The summed E-state index contributed by atoms with van der Waals surface area (Å²) in [5.41, 5.74) is 2.06. The number of carbonyl (C=O) groups is 1. The number of aliphatic hydroxyl groups excluding tert-OH is 1. The minimum atomic E-state index is -0.794. The molecule has 2 N–H and O–H groups in total. The van der Waals surface area contributed by atoms with Crippen LogP contribution in [0.15, 0.2) is 58.4 Å². The van der Waals surface area contributed by atoms with E-state index in [-0.39, 0.29) is 23.6 Å². The summed E-state index contributed by atoms with van der Waals surface area (Å²) < 4.78 is 1.98. The number of rotatable bonds is 10. The van der Waals surface area contributed by atoms with Crippen LogP contribution in [0.2, 0.25) is 0 Å². The number of benzene rings is 1. The monoisotopic (exact) mass is 522 g/mol. The zero-order chi connectivity index (χ0) is 25.7. The molecule has 2 aromatic heterocycles. The number of hydrogen-bond acceptors (Lipinski definition) is 7. The summed E-state index contributed by atoms with van der Waals surface area (Å²) in [5, 5.41) is 13.8. The Labute approximate surface area is 220 Å². The number of nitrogens with one attached hydrogen (secondary N) is 1. The summed E-state index contributed by atoms with van der Waals surface area (Å²) in [6.07, 6.45) is 6.61.